The van der Waals surface area contributed by atoms with Gasteiger partial charge in [-0.15, -0.1) is 23.1 Å². The Kier molecular flexibility index (Phi) is 5.93. The molecule has 0 fully saturated rings. The lowest BCUT2D eigenvalue weighted by molar-refractivity contribution is -0.384. The summed E-state index contributed by atoms with van der Waals surface area (Å²) in [6, 6.07) is 9.56. The Morgan fingerprint density at radius 1 is 1.36 bits per heavy atom. The number of nitro groups is 1. The molecule has 0 radical (unpaired) electrons. The summed E-state index contributed by atoms with van der Waals surface area (Å²) in [6.45, 7) is 0. The van der Waals surface area contributed by atoms with Crippen LogP contribution in [0.5, 0.6) is 0 Å². The number of hydrogen-bond acceptors (Lipinski definition) is 6. The number of nitrogens with one attached hydrogen (secondary N) is 1. The third-order valence-corrected chi connectivity index (χ3v) is 4.57. The molecule has 1 aromatic heterocycles. The van der Waals surface area contributed by atoms with Gasteiger partial charge in [0.15, 0.2) is 0 Å². The number of halogens is 1. The zero-order chi connectivity index (χ0) is 15.9. The summed E-state index contributed by atoms with van der Waals surface area (Å²) in [4.78, 5) is 23.3. The molecular formula is C13H10ClN3O3S2. The Bertz CT molecular complexity index is 701. The summed E-state index contributed by atoms with van der Waals surface area (Å²) < 4.78 is 0.654. The first-order chi connectivity index (χ1) is 10.5. The largest absolute Gasteiger partial charge is 0.272 e. The van der Waals surface area contributed by atoms with Crippen LogP contribution in [0.3, 0.4) is 0 Å². The second-order valence-electron chi connectivity index (χ2n) is 3.97. The van der Waals surface area contributed by atoms with Gasteiger partial charge >= 0.3 is 0 Å². The summed E-state index contributed by atoms with van der Waals surface area (Å²) in [5.41, 5.74) is 2.43. The number of rotatable bonds is 6. The predicted octanol–water partition coefficient (Wildman–Crippen LogP) is 3.55. The van der Waals surface area contributed by atoms with Gasteiger partial charge in [0.1, 0.15) is 0 Å². The van der Waals surface area contributed by atoms with Crippen LogP contribution in [0.2, 0.25) is 4.34 Å². The minimum atomic E-state index is -0.466. The predicted molar refractivity (Wildman–Crippen MR) is 88.9 cm³/mol. The zero-order valence-corrected chi connectivity index (χ0v) is 13.5. The molecule has 0 unspecified atom stereocenters. The molecule has 0 aliphatic rings. The molecular weight excluding hydrogens is 346 g/mol. The van der Waals surface area contributed by atoms with Gasteiger partial charge < -0.3 is 0 Å². The average molecular weight is 356 g/mol. The maximum Gasteiger partial charge on any atom is 0.269 e. The van der Waals surface area contributed by atoms with E-state index in [9.17, 15) is 14.9 Å². The minimum absolute atomic E-state index is 0.0213. The number of hydrazone groups is 1. The number of thiophene rings is 1. The van der Waals surface area contributed by atoms with Crippen molar-refractivity contribution in [2.45, 2.75) is 4.90 Å². The van der Waals surface area contributed by atoms with Crippen LogP contribution in [0, 0.1) is 10.1 Å². The SMILES string of the molecule is O=C(CSc1ccc([N+](=O)[O-])cc1)N/N=C\c1ccc(Cl)s1. The highest BCUT2D eigenvalue weighted by molar-refractivity contribution is 8.00. The highest BCUT2D eigenvalue weighted by atomic mass is 35.5. The van der Waals surface area contributed by atoms with E-state index in [0.717, 1.165) is 9.77 Å². The third-order valence-electron chi connectivity index (χ3n) is 2.39. The molecule has 1 N–H and O–H groups in total. The Hall–Kier alpha value is -1.90. The number of nitro benzene ring substituents is 1. The Balaban J connectivity index is 1.77. The fraction of sp³-hybridized carbons (Fsp3) is 0.0769. The van der Waals surface area contributed by atoms with Crippen molar-refractivity contribution in [3.8, 4) is 0 Å². The van der Waals surface area contributed by atoms with Crippen LogP contribution >= 0.6 is 34.7 Å². The number of carbonyl (C=O) groups is 1. The smallest absolute Gasteiger partial charge is 0.269 e. The number of thioether (sulfide) groups is 1. The van der Waals surface area contributed by atoms with E-state index in [4.69, 9.17) is 11.6 Å². The summed E-state index contributed by atoms with van der Waals surface area (Å²) in [7, 11) is 0. The molecule has 2 aromatic rings. The van der Waals surface area contributed by atoms with Gasteiger partial charge in [0, 0.05) is 21.9 Å². The topological polar surface area (TPSA) is 84.6 Å². The van der Waals surface area contributed by atoms with Gasteiger partial charge in [0.2, 0.25) is 5.91 Å². The lowest BCUT2D eigenvalue weighted by atomic mass is 10.3. The van der Waals surface area contributed by atoms with Gasteiger partial charge in [-0.05, 0) is 24.3 Å². The molecule has 2 rings (SSSR count). The van der Waals surface area contributed by atoms with Crippen molar-refractivity contribution >= 4 is 52.5 Å². The highest BCUT2D eigenvalue weighted by Crippen LogP contribution is 2.21. The number of non-ortho nitro benzene ring substituents is 1. The first-order valence-electron chi connectivity index (χ1n) is 5.99. The molecule has 6 nitrogen and oxygen atoms in total. The second kappa shape index (κ2) is 7.92. The number of carbonyl (C=O) groups excluding carboxylic acids is 1. The monoisotopic (exact) mass is 355 g/mol. The molecule has 0 saturated carbocycles. The van der Waals surface area contributed by atoms with Crippen LogP contribution < -0.4 is 5.43 Å². The van der Waals surface area contributed by atoms with Crippen LogP contribution in [-0.4, -0.2) is 22.8 Å². The summed E-state index contributed by atoms with van der Waals surface area (Å²) in [5.74, 6) is -0.0948. The normalized spacial score (nSPS) is 10.8. The Morgan fingerprint density at radius 3 is 2.68 bits per heavy atom. The van der Waals surface area contributed by atoms with E-state index in [1.807, 2.05) is 0 Å². The molecule has 1 amide bonds. The summed E-state index contributed by atoms with van der Waals surface area (Å²) in [6.07, 6.45) is 1.52. The van der Waals surface area contributed by atoms with Gasteiger partial charge in [-0.3, -0.25) is 14.9 Å². The van der Waals surface area contributed by atoms with Crippen molar-refractivity contribution in [3.05, 3.63) is 55.7 Å². The maximum atomic E-state index is 11.6. The minimum Gasteiger partial charge on any atom is -0.272 e. The van der Waals surface area contributed by atoms with Gasteiger partial charge in [-0.1, -0.05) is 11.6 Å². The number of nitrogens with zero attached hydrogens (tertiary/aromatic N) is 2. The Labute approximate surface area is 139 Å². The second-order valence-corrected chi connectivity index (χ2v) is 6.77. The third kappa shape index (κ3) is 5.14. The molecule has 22 heavy (non-hydrogen) atoms. The number of hydrogen-bond donors (Lipinski definition) is 1. The molecule has 1 aromatic carbocycles. The van der Waals surface area contributed by atoms with Crippen molar-refractivity contribution in [2.75, 3.05) is 5.75 Å². The van der Waals surface area contributed by atoms with Crippen molar-refractivity contribution in [3.63, 3.8) is 0 Å². The van der Waals surface area contributed by atoms with Gasteiger partial charge in [-0.25, -0.2) is 5.43 Å². The highest BCUT2D eigenvalue weighted by Gasteiger charge is 2.06. The van der Waals surface area contributed by atoms with Crippen molar-refractivity contribution < 1.29 is 9.72 Å². The molecule has 1 heterocycles. The standard InChI is InChI=1S/C13H10ClN3O3S2/c14-12-6-5-11(22-12)7-15-16-13(18)8-21-10-3-1-9(2-4-10)17(19)20/h1-7H,8H2,(H,16,18)/b15-7-. The van der Waals surface area contributed by atoms with Crippen LogP contribution in [0.1, 0.15) is 4.88 Å². The van der Waals surface area contributed by atoms with E-state index in [1.54, 1.807) is 24.3 Å². The number of amides is 1. The van der Waals surface area contributed by atoms with Gasteiger partial charge in [-0.2, -0.15) is 5.10 Å². The molecule has 0 aliphatic carbocycles. The van der Waals surface area contributed by atoms with Crippen molar-refractivity contribution in [2.24, 2.45) is 5.10 Å². The van der Waals surface area contributed by atoms with Crippen LogP contribution in [0.25, 0.3) is 0 Å². The van der Waals surface area contributed by atoms with Crippen molar-refractivity contribution in [1.82, 2.24) is 5.43 Å². The Morgan fingerprint density at radius 2 is 2.09 bits per heavy atom. The van der Waals surface area contributed by atoms with E-state index in [2.05, 4.69) is 10.5 Å². The lowest BCUT2D eigenvalue weighted by Crippen LogP contribution is -2.19. The van der Waals surface area contributed by atoms with Crippen LogP contribution in [0.15, 0.2) is 46.4 Å². The average Bonchev–Trinajstić information content (AvgIpc) is 2.91. The first kappa shape index (κ1) is 16.5. The molecule has 0 saturated heterocycles. The van der Waals surface area contributed by atoms with Crippen LogP contribution in [0.4, 0.5) is 5.69 Å². The molecule has 0 spiro atoms. The zero-order valence-electron chi connectivity index (χ0n) is 11.1. The maximum absolute atomic E-state index is 11.6. The molecule has 114 valence electrons. The molecule has 0 bridgehead atoms. The van der Waals surface area contributed by atoms with E-state index in [-0.39, 0.29) is 17.3 Å². The van der Waals surface area contributed by atoms with E-state index >= 15 is 0 Å². The molecule has 0 aliphatic heterocycles. The quantitative estimate of drug-likeness (QED) is 0.371. The molecule has 0 atom stereocenters. The van der Waals surface area contributed by atoms with Crippen LogP contribution in [-0.2, 0) is 4.79 Å². The van der Waals surface area contributed by atoms with Gasteiger partial charge in [0.25, 0.3) is 5.69 Å². The van der Waals surface area contributed by atoms with E-state index in [0.29, 0.717) is 4.34 Å². The van der Waals surface area contributed by atoms with Crippen molar-refractivity contribution in [1.29, 1.82) is 0 Å². The molecule has 9 heteroatoms. The number of benzene rings is 1. The summed E-state index contributed by atoms with van der Waals surface area (Å²) >= 11 is 8.40. The van der Waals surface area contributed by atoms with E-state index < -0.39 is 4.92 Å². The van der Waals surface area contributed by atoms with Gasteiger partial charge in [0.05, 0.1) is 21.2 Å². The fourth-order valence-corrected chi connectivity index (χ4v) is 3.03. The fourth-order valence-electron chi connectivity index (χ4n) is 1.41. The first-order valence-corrected chi connectivity index (χ1v) is 8.17. The lowest BCUT2D eigenvalue weighted by Gasteiger charge is -2.00. The van der Waals surface area contributed by atoms with E-state index in [1.165, 1.54) is 41.4 Å². The summed E-state index contributed by atoms with van der Waals surface area (Å²) in [5, 5.41) is 14.4.